The zero-order valence-electron chi connectivity index (χ0n) is 17.8. The molecule has 3 aromatic rings. The van der Waals surface area contributed by atoms with Gasteiger partial charge in [0.2, 0.25) is 5.91 Å². The largest absolute Gasteiger partial charge is 0.507 e. The number of aromatic hydroxyl groups is 1. The molecule has 0 atom stereocenters. The summed E-state index contributed by atoms with van der Waals surface area (Å²) in [7, 11) is 0. The lowest BCUT2D eigenvalue weighted by molar-refractivity contribution is -0.114. The molecule has 0 saturated heterocycles. The first-order valence-electron chi connectivity index (χ1n) is 10.6. The number of carbonyl (C=O) groups is 2. The number of aromatic nitrogens is 2. The Hall–Kier alpha value is -3.68. The molecule has 0 bridgehead atoms. The number of rotatable bonds is 5. The second-order valence-electron chi connectivity index (χ2n) is 8.05. The molecule has 0 spiro atoms. The van der Waals surface area contributed by atoms with Crippen molar-refractivity contribution >= 4 is 17.6 Å². The minimum Gasteiger partial charge on any atom is -0.507 e. The number of hydrogen-bond donors (Lipinski definition) is 3. The number of nitrogens with one attached hydrogen (secondary N) is 2. The molecule has 1 fully saturated rings. The molecule has 2 aromatic carbocycles. The Morgan fingerprint density at radius 2 is 1.94 bits per heavy atom. The van der Waals surface area contributed by atoms with E-state index >= 15 is 0 Å². The number of phenolic OH excluding ortho intramolecular Hbond substituents is 1. The first-order valence-corrected chi connectivity index (χ1v) is 10.6. The van der Waals surface area contributed by atoms with E-state index in [1.54, 1.807) is 24.3 Å². The van der Waals surface area contributed by atoms with Gasteiger partial charge in [-0.1, -0.05) is 25.0 Å². The summed E-state index contributed by atoms with van der Waals surface area (Å²) in [6.45, 7) is 1.56. The van der Waals surface area contributed by atoms with Crippen LogP contribution in [0.4, 0.5) is 14.9 Å². The van der Waals surface area contributed by atoms with Gasteiger partial charge in [-0.25, -0.2) is 9.18 Å². The smallest absolute Gasteiger partial charge is 0.342 e. The van der Waals surface area contributed by atoms with E-state index in [9.17, 15) is 19.1 Å². The van der Waals surface area contributed by atoms with E-state index < -0.39 is 6.03 Å². The molecule has 1 aromatic heterocycles. The van der Waals surface area contributed by atoms with Gasteiger partial charge in [-0.05, 0) is 48.7 Å². The molecule has 0 unspecified atom stereocenters. The summed E-state index contributed by atoms with van der Waals surface area (Å²) in [5.74, 6) is -0.432. The monoisotopic (exact) mass is 436 g/mol. The van der Waals surface area contributed by atoms with Gasteiger partial charge >= 0.3 is 6.03 Å². The predicted octanol–water partition coefficient (Wildman–Crippen LogP) is 4.77. The highest BCUT2D eigenvalue weighted by atomic mass is 19.1. The molecule has 1 aliphatic carbocycles. The summed E-state index contributed by atoms with van der Waals surface area (Å²) in [6.07, 6.45) is 4.12. The van der Waals surface area contributed by atoms with Crippen molar-refractivity contribution in [3.05, 3.63) is 65.6 Å². The van der Waals surface area contributed by atoms with E-state index in [1.165, 1.54) is 29.8 Å². The van der Waals surface area contributed by atoms with Crippen LogP contribution in [-0.2, 0) is 11.3 Å². The number of phenols is 1. The van der Waals surface area contributed by atoms with E-state index in [0.29, 0.717) is 22.5 Å². The van der Waals surface area contributed by atoms with Gasteiger partial charge in [-0.15, -0.1) is 0 Å². The third-order valence-electron chi connectivity index (χ3n) is 5.63. The van der Waals surface area contributed by atoms with Crippen molar-refractivity contribution in [2.45, 2.75) is 45.1 Å². The Bertz CT molecular complexity index is 1150. The molecule has 0 aliphatic heterocycles. The fraction of sp³-hybridized carbons (Fsp3) is 0.292. The van der Waals surface area contributed by atoms with Crippen molar-refractivity contribution in [1.82, 2.24) is 15.1 Å². The first kappa shape index (κ1) is 21.5. The number of carbonyl (C=O) groups excluding carboxylic acids is 2. The van der Waals surface area contributed by atoms with Gasteiger partial charge in [0, 0.05) is 36.7 Å². The Morgan fingerprint density at radius 1 is 1.16 bits per heavy atom. The second-order valence-corrected chi connectivity index (χ2v) is 8.05. The van der Waals surface area contributed by atoms with Crippen LogP contribution in [0, 0.1) is 5.82 Å². The topological polar surface area (TPSA) is 96.3 Å². The predicted molar refractivity (Wildman–Crippen MR) is 119 cm³/mol. The summed E-state index contributed by atoms with van der Waals surface area (Å²) in [6, 6.07) is 12.3. The maximum Gasteiger partial charge on any atom is 0.342 e. The van der Waals surface area contributed by atoms with Crippen LogP contribution in [0.15, 0.2) is 48.5 Å². The summed E-state index contributed by atoms with van der Waals surface area (Å²) in [4.78, 5) is 24.2. The summed E-state index contributed by atoms with van der Waals surface area (Å²) in [5.41, 5.74) is 2.86. The Labute approximate surface area is 185 Å². The minimum atomic E-state index is -0.406. The third kappa shape index (κ3) is 4.80. The van der Waals surface area contributed by atoms with Crippen LogP contribution in [0.1, 0.15) is 49.8 Å². The molecule has 0 radical (unpaired) electrons. The van der Waals surface area contributed by atoms with Gasteiger partial charge in [0.05, 0.1) is 11.4 Å². The number of anilines is 1. The Morgan fingerprint density at radius 3 is 2.62 bits per heavy atom. The van der Waals surface area contributed by atoms with Gasteiger partial charge in [-0.2, -0.15) is 9.78 Å². The molecule has 8 heteroatoms. The lowest BCUT2D eigenvalue weighted by Gasteiger charge is -2.12. The van der Waals surface area contributed by atoms with E-state index in [-0.39, 0.29) is 29.9 Å². The van der Waals surface area contributed by atoms with E-state index in [4.69, 9.17) is 0 Å². The van der Waals surface area contributed by atoms with Gasteiger partial charge in [0.1, 0.15) is 11.6 Å². The highest BCUT2D eigenvalue weighted by Gasteiger charge is 2.26. The highest BCUT2D eigenvalue weighted by Crippen LogP contribution is 2.37. The van der Waals surface area contributed by atoms with Gasteiger partial charge in [-0.3, -0.25) is 4.79 Å². The fourth-order valence-corrected chi connectivity index (χ4v) is 4.13. The minimum absolute atomic E-state index is 0.0426. The van der Waals surface area contributed by atoms with Crippen LogP contribution in [0.25, 0.3) is 11.3 Å². The summed E-state index contributed by atoms with van der Waals surface area (Å²) < 4.78 is 14.8. The standard InChI is InChI=1S/C24H25FN4O3/c1-15(30)27-19-9-10-20(23(31)12-19)21-13-22(17-6-2-3-7-17)29(28-21)24(32)26-14-16-5-4-8-18(25)11-16/h4-5,8-13,17,31H,2-3,6-7,14H2,1H3,(H,26,32)(H,27,30). The first-order chi connectivity index (χ1) is 15.4. The average Bonchev–Trinajstić information content (AvgIpc) is 3.41. The SMILES string of the molecule is CC(=O)Nc1ccc(-c2cc(C3CCCC3)n(C(=O)NCc3cccc(F)c3)n2)c(O)c1. The zero-order valence-corrected chi connectivity index (χ0v) is 17.8. The van der Waals surface area contributed by atoms with Crippen molar-refractivity contribution in [3.63, 3.8) is 0 Å². The normalized spacial score (nSPS) is 13.8. The molecule has 4 rings (SSSR count). The van der Waals surface area contributed by atoms with Gasteiger partial charge in [0.25, 0.3) is 0 Å². The van der Waals surface area contributed by atoms with Crippen molar-refractivity contribution in [2.24, 2.45) is 0 Å². The van der Waals surface area contributed by atoms with Crippen LogP contribution in [0.5, 0.6) is 5.75 Å². The molecule has 2 amide bonds. The average molecular weight is 436 g/mol. The van der Waals surface area contributed by atoms with E-state index in [2.05, 4.69) is 15.7 Å². The molecule has 1 saturated carbocycles. The highest BCUT2D eigenvalue weighted by molar-refractivity contribution is 5.89. The number of hydrogen-bond acceptors (Lipinski definition) is 4. The van der Waals surface area contributed by atoms with Crippen molar-refractivity contribution in [3.8, 4) is 17.0 Å². The van der Waals surface area contributed by atoms with Crippen LogP contribution in [0.2, 0.25) is 0 Å². The maximum absolute atomic E-state index is 13.4. The van der Waals surface area contributed by atoms with Crippen LogP contribution in [0.3, 0.4) is 0 Å². The van der Waals surface area contributed by atoms with Crippen LogP contribution >= 0.6 is 0 Å². The van der Waals surface area contributed by atoms with Crippen LogP contribution in [-0.4, -0.2) is 26.8 Å². The lowest BCUT2D eigenvalue weighted by Crippen LogP contribution is -2.30. The van der Waals surface area contributed by atoms with E-state index in [1.807, 2.05) is 6.07 Å². The quantitative estimate of drug-likeness (QED) is 0.537. The molecule has 7 nitrogen and oxygen atoms in total. The summed E-state index contributed by atoms with van der Waals surface area (Å²) >= 11 is 0. The van der Waals surface area contributed by atoms with Crippen molar-refractivity contribution in [1.29, 1.82) is 0 Å². The number of amides is 2. The Balaban J connectivity index is 1.62. The Kier molecular flexibility index (Phi) is 6.20. The maximum atomic E-state index is 13.4. The molecule has 3 N–H and O–H groups in total. The number of halogens is 1. The summed E-state index contributed by atoms with van der Waals surface area (Å²) in [5, 5.41) is 20.4. The lowest BCUT2D eigenvalue weighted by atomic mass is 10.0. The van der Waals surface area contributed by atoms with E-state index in [0.717, 1.165) is 31.4 Å². The zero-order chi connectivity index (χ0) is 22.7. The molecule has 32 heavy (non-hydrogen) atoms. The molecular weight excluding hydrogens is 411 g/mol. The van der Waals surface area contributed by atoms with Gasteiger partial charge < -0.3 is 15.7 Å². The molecular formula is C24H25FN4O3. The second kappa shape index (κ2) is 9.21. The number of benzene rings is 2. The number of nitrogens with zero attached hydrogens (tertiary/aromatic N) is 2. The van der Waals surface area contributed by atoms with Crippen molar-refractivity contribution < 1.29 is 19.1 Å². The molecule has 1 aliphatic rings. The fourth-order valence-electron chi connectivity index (χ4n) is 4.13. The molecule has 166 valence electrons. The van der Waals surface area contributed by atoms with Crippen molar-refractivity contribution in [2.75, 3.05) is 5.32 Å². The van der Waals surface area contributed by atoms with Gasteiger partial charge in [0.15, 0.2) is 0 Å². The molecule has 1 heterocycles. The third-order valence-corrected chi connectivity index (χ3v) is 5.63. The van der Waals surface area contributed by atoms with Crippen LogP contribution < -0.4 is 10.6 Å².